The molecule has 94 valence electrons. The van der Waals surface area contributed by atoms with Crippen LogP contribution in [-0.2, 0) is 4.79 Å². The van der Waals surface area contributed by atoms with E-state index in [0.717, 1.165) is 0 Å². The van der Waals surface area contributed by atoms with Crippen molar-refractivity contribution < 1.29 is 9.90 Å². The van der Waals surface area contributed by atoms with E-state index in [1.54, 1.807) is 44.4 Å². The third-order valence-corrected chi connectivity index (χ3v) is 2.23. The number of hydrogen-bond donors (Lipinski definition) is 1. The molecule has 1 amide bonds. The van der Waals surface area contributed by atoms with Gasteiger partial charge in [0.15, 0.2) is 0 Å². The highest BCUT2D eigenvalue weighted by Gasteiger charge is 2.14. The molecular formula is C11H18N4O2. The molecule has 0 aliphatic heterocycles. The van der Waals surface area contributed by atoms with Crippen LogP contribution in [0.3, 0.4) is 0 Å². The maximum atomic E-state index is 11.8. The van der Waals surface area contributed by atoms with Gasteiger partial charge in [-0.15, -0.1) is 0 Å². The zero-order valence-corrected chi connectivity index (χ0v) is 10.4. The van der Waals surface area contributed by atoms with Crippen molar-refractivity contribution in [2.24, 2.45) is 0 Å². The van der Waals surface area contributed by atoms with Crippen LogP contribution >= 0.6 is 0 Å². The summed E-state index contributed by atoms with van der Waals surface area (Å²) in [5, 5.41) is 9.19. The summed E-state index contributed by atoms with van der Waals surface area (Å²) in [4.78, 5) is 23.0. The second-order valence-electron chi connectivity index (χ2n) is 4.03. The average molecular weight is 238 g/mol. The van der Waals surface area contributed by atoms with Gasteiger partial charge >= 0.3 is 0 Å². The quantitative estimate of drug-likeness (QED) is 0.766. The van der Waals surface area contributed by atoms with E-state index in [-0.39, 0.29) is 12.5 Å². The molecule has 0 aromatic carbocycles. The summed E-state index contributed by atoms with van der Waals surface area (Å²) < 4.78 is 0. The van der Waals surface area contributed by atoms with E-state index in [2.05, 4.69) is 9.97 Å². The Balaban J connectivity index is 2.51. The third kappa shape index (κ3) is 4.36. The van der Waals surface area contributed by atoms with Crippen LogP contribution in [0.25, 0.3) is 0 Å². The molecule has 0 saturated heterocycles. The zero-order chi connectivity index (χ0) is 12.8. The van der Waals surface area contributed by atoms with Gasteiger partial charge in [0.25, 0.3) is 0 Å². The number of nitrogens with zero attached hydrogens (tertiary/aromatic N) is 4. The molecule has 0 fully saturated rings. The molecule has 1 aromatic heterocycles. The Bertz CT molecular complexity index is 356. The lowest BCUT2D eigenvalue weighted by atomic mass is 10.3. The van der Waals surface area contributed by atoms with Crippen molar-refractivity contribution in [1.29, 1.82) is 0 Å². The molecule has 6 nitrogen and oxygen atoms in total. The number of likely N-dealkylation sites (N-methyl/N-ethyl adjacent to an activating group) is 2. The Morgan fingerprint density at radius 2 is 2.00 bits per heavy atom. The van der Waals surface area contributed by atoms with E-state index in [0.29, 0.717) is 12.5 Å². The van der Waals surface area contributed by atoms with E-state index in [4.69, 9.17) is 0 Å². The molecule has 17 heavy (non-hydrogen) atoms. The molecule has 1 rings (SSSR count). The number of hydrogen-bond acceptors (Lipinski definition) is 5. The number of aliphatic hydroxyl groups excluding tert-OH is 1. The van der Waals surface area contributed by atoms with E-state index in [1.165, 1.54) is 4.90 Å². The topological polar surface area (TPSA) is 69.6 Å². The van der Waals surface area contributed by atoms with Gasteiger partial charge in [0.05, 0.1) is 12.6 Å². The highest BCUT2D eigenvalue weighted by molar-refractivity contribution is 5.80. The summed E-state index contributed by atoms with van der Waals surface area (Å²) in [5.41, 5.74) is 0. The summed E-state index contributed by atoms with van der Waals surface area (Å²) in [7, 11) is 3.41. The molecule has 1 heterocycles. The van der Waals surface area contributed by atoms with Crippen LogP contribution in [0.1, 0.15) is 6.92 Å². The molecule has 1 atom stereocenters. The van der Waals surface area contributed by atoms with Gasteiger partial charge in [-0.3, -0.25) is 4.79 Å². The van der Waals surface area contributed by atoms with Gasteiger partial charge in [0.2, 0.25) is 11.9 Å². The van der Waals surface area contributed by atoms with Gasteiger partial charge in [0.1, 0.15) is 0 Å². The number of amides is 1. The second kappa shape index (κ2) is 6.15. The molecule has 0 bridgehead atoms. The SMILES string of the molecule is CC(O)CN(C)C(=O)CN(C)c1ncccn1. The van der Waals surface area contributed by atoms with Crippen LogP contribution in [0, 0.1) is 0 Å². The Labute approximate surface area is 101 Å². The van der Waals surface area contributed by atoms with Crippen molar-refractivity contribution >= 4 is 11.9 Å². The van der Waals surface area contributed by atoms with Crippen molar-refractivity contribution in [3.8, 4) is 0 Å². The fourth-order valence-electron chi connectivity index (χ4n) is 1.38. The van der Waals surface area contributed by atoms with Crippen molar-refractivity contribution in [1.82, 2.24) is 14.9 Å². The van der Waals surface area contributed by atoms with Crippen LogP contribution < -0.4 is 4.90 Å². The van der Waals surface area contributed by atoms with Crippen LogP contribution in [0.4, 0.5) is 5.95 Å². The predicted molar refractivity (Wildman–Crippen MR) is 64.6 cm³/mol. The Hall–Kier alpha value is -1.69. The molecule has 0 radical (unpaired) electrons. The van der Waals surface area contributed by atoms with Gasteiger partial charge < -0.3 is 14.9 Å². The number of anilines is 1. The molecule has 1 N–H and O–H groups in total. The van der Waals surface area contributed by atoms with Crippen molar-refractivity contribution in [3.05, 3.63) is 18.5 Å². The minimum Gasteiger partial charge on any atom is -0.392 e. The Kier molecular flexibility index (Phi) is 4.84. The molecule has 0 aliphatic rings. The van der Waals surface area contributed by atoms with E-state index in [1.807, 2.05) is 0 Å². The van der Waals surface area contributed by atoms with Gasteiger partial charge in [-0.05, 0) is 13.0 Å². The van der Waals surface area contributed by atoms with Crippen molar-refractivity contribution in [3.63, 3.8) is 0 Å². The number of aromatic nitrogens is 2. The molecule has 6 heteroatoms. The number of aliphatic hydroxyl groups is 1. The number of carbonyl (C=O) groups excluding carboxylic acids is 1. The predicted octanol–water partition coefficient (Wildman–Crippen LogP) is -0.248. The zero-order valence-electron chi connectivity index (χ0n) is 10.4. The summed E-state index contributed by atoms with van der Waals surface area (Å²) in [6.45, 7) is 2.16. The maximum absolute atomic E-state index is 11.8. The summed E-state index contributed by atoms with van der Waals surface area (Å²) in [5.74, 6) is 0.423. The molecule has 0 saturated carbocycles. The highest BCUT2D eigenvalue weighted by atomic mass is 16.3. The highest BCUT2D eigenvalue weighted by Crippen LogP contribution is 2.02. The minimum atomic E-state index is -0.526. The monoisotopic (exact) mass is 238 g/mol. The van der Waals surface area contributed by atoms with E-state index in [9.17, 15) is 9.90 Å². The summed E-state index contributed by atoms with van der Waals surface area (Å²) in [6, 6.07) is 1.72. The van der Waals surface area contributed by atoms with Gasteiger partial charge in [-0.2, -0.15) is 0 Å². The smallest absolute Gasteiger partial charge is 0.242 e. The van der Waals surface area contributed by atoms with Gasteiger partial charge in [-0.25, -0.2) is 9.97 Å². The third-order valence-electron chi connectivity index (χ3n) is 2.23. The Morgan fingerprint density at radius 1 is 1.41 bits per heavy atom. The van der Waals surface area contributed by atoms with Crippen molar-refractivity contribution in [2.75, 3.05) is 32.1 Å². The summed E-state index contributed by atoms with van der Waals surface area (Å²) in [6.07, 6.45) is 2.73. The van der Waals surface area contributed by atoms with Gasteiger partial charge in [0, 0.05) is 33.0 Å². The fourth-order valence-corrected chi connectivity index (χ4v) is 1.38. The normalized spacial score (nSPS) is 12.0. The molecule has 0 aliphatic carbocycles. The van der Waals surface area contributed by atoms with Gasteiger partial charge in [-0.1, -0.05) is 0 Å². The second-order valence-corrected chi connectivity index (χ2v) is 4.03. The number of carbonyl (C=O) groups is 1. The number of rotatable bonds is 5. The first-order valence-electron chi connectivity index (χ1n) is 5.41. The fraction of sp³-hybridized carbons (Fsp3) is 0.545. The van der Waals surface area contributed by atoms with Crippen molar-refractivity contribution in [2.45, 2.75) is 13.0 Å². The van der Waals surface area contributed by atoms with Crippen LogP contribution in [0.15, 0.2) is 18.5 Å². The minimum absolute atomic E-state index is 0.0825. The maximum Gasteiger partial charge on any atom is 0.242 e. The lowest BCUT2D eigenvalue weighted by molar-refractivity contribution is -0.129. The molecule has 0 spiro atoms. The van der Waals surface area contributed by atoms with E-state index >= 15 is 0 Å². The average Bonchev–Trinajstić information content (AvgIpc) is 2.29. The molecule has 1 unspecified atom stereocenters. The standard InChI is InChI=1S/C11H18N4O2/c1-9(16)7-14(2)10(17)8-15(3)11-12-5-4-6-13-11/h4-6,9,16H,7-8H2,1-3H3. The van der Waals surface area contributed by atoms with Crippen LogP contribution in [0.2, 0.25) is 0 Å². The first-order chi connectivity index (χ1) is 8.00. The lowest BCUT2D eigenvalue weighted by Crippen LogP contribution is -2.40. The van der Waals surface area contributed by atoms with Crippen LogP contribution in [-0.4, -0.2) is 59.2 Å². The largest absolute Gasteiger partial charge is 0.392 e. The first-order valence-corrected chi connectivity index (χ1v) is 5.41. The summed E-state index contributed by atoms with van der Waals surface area (Å²) >= 11 is 0. The van der Waals surface area contributed by atoms with E-state index < -0.39 is 6.10 Å². The lowest BCUT2D eigenvalue weighted by Gasteiger charge is -2.22. The Morgan fingerprint density at radius 3 is 2.53 bits per heavy atom. The van der Waals surface area contributed by atoms with Crippen LogP contribution in [0.5, 0.6) is 0 Å². The first kappa shape index (κ1) is 13.4. The molecular weight excluding hydrogens is 220 g/mol. The molecule has 1 aromatic rings.